The van der Waals surface area contributed by atoms with E-state index in [0.717, 1.165) is 22.0 Å². The van der Waals surface area contributed by atoms with Crippen LogP contribution >= 0.6 is 0 Å². The molecule has 3 aromatic rings. The van der Waals surface area contributed by atoms with Gasteiger partial charge in [0, 0.05) is 36.7 Å². The van der Waals surface area contributed by atoms with Crippen LogP contribution in [-0.4, -0.2) is 39.6 Å². The van der Waals surface area contributed by atoms with Gasteiger partial charge in [0.1, 0.15) is 6.04 Å². The molecule has 1 aromatic heterocycles. The highest BCUT2D eigenvalue weighted by molar-refractivity contribution is 6.06. The molecular weight excluding hydrogens is 408 g/mol. The average Bonchev–Trinajstić information content (AvgIpc) is 3.12. The first-order valence-corrected chi connectivity index (χ1v) is 10.4. The van der Waals surface area contributed by atoms with E-state index in [0.29, 0.717) is 30.6 Å². The van der Waals surface area contributed by atoms with Gasteiger partial charge in [-0.1, -0.05) is 30.3 Å². The van der Waals surface area contributed by atoms with E-state index in [1.807, 2.05) is 30.3 Å². The molecule has 1 unspecified atom stereocenters. The van der Waals surface area contributed by atoms with Crippen LogP contribution < -0.4 is 10.6 Å². The first-order chi connectivity index (χ1) is 15.5. The minimum Gasteiger partial charge on any atom is -0.348 e. The summed E-state index contributed by atoms with van der Waals surface area (Å²) in [6, 6.07) is 13.9. The minimum atomic E-state index is -0.643. The number of aromatic nitrogens is 1. The molecule has 4 amide bonds. The predicted octanol–water partition coefficient (Wildman–Crippen LogP) is 1.93. The average molecular weight is 428 g/mol. The molecule has 2 aliphatic rings. The molecule has 2 aromatic carbocycles. The van der Waals surface area contributed by atoms with Gasteiger partial charge in [-0.2, -0.15) is 0 Å². The van der Waals surface area contributed by atoms with Crippen LogP contribution in [0.2, 0.25) is 0 Å². The maximum Gasteiger partial charge on any atom is 0.255 e. The lowest BCUT2D eigenvalue weighted by molar-refractivity contribution is -0.136. The van der Waals surface area contributed by atoms with Gasteiger partial charge in [0.15, 0.2) is 0 Å². The van der Waals surface area contributed by atoms with E-state index < -0.39 is 11.9 Å². The molecule has 2 aliphatic heterocycles. The lowest BCUT2D eigenvalue weighted by Gasteiger charge is -2.29. The number of hydrogen-bond donors (Lipinski definition) is 2. The van der Waals surface area contributed by atoms with E-state index in [1.165, 1.54) is 4.90 Å². The summed E-state index contributed by atoms with van der Waals surface area (Å²) >= 11 is 0. The highest BCUT2D eigenvalue weighted by Crippen LogP contribution is 2.28. The van der Waals surface area contributed by atoms with Crippen molar-refractivity contribution in [2.24, 2.45) is 0 Å². The number of carbonyl (C=O) groups is 4. The molecule has 1 atom stereocenters. The van der Waals surface area contributed by atoms with Crippen molar-refractivity contribution in [2.45, 2.75) is 32.0 Å². The number of carbonyl (C=O) groups excluding carboxylic acids is 4. The molecule has 0 spiro atoms. The molecule has 0 aliphatic carbocycles. The van der Waals surface area contributed by atoms with E-state index in [-0.39, 0.29) is 24.1 Å². The fourth-order valence-corrected chi connectivity index (χ4v) is 4.31. The van der Waals surface area contributed by atoms with E-state index in [4.69, 9.17) is 0 Å². The second-order valence-electron chi connectivity index (χ2n) is 7.95. The third-order valence-corrected chi connectivity index (χ3v) is 5.93. The Bertz CT molecular complexity index is 1280. The van der Waals surface area contributed by atoms with Crippen LogP contribution in [0.5, 0.6) is 0 Å². The van der Waals surface area contributed by atoms with Crippen LogP contribution in [0, 0.1) is 0 Å². The SMILES string of the molecule is O=C1CCC(N2Cc3cc(CNC(=O)c4ccnc5ccccc45)ccc3C2=O)C(=O)N1. The molecule has 32 heavy (non-hydrogen) atoms. The van der Waals surface area contributed by atoms with Gasteiger partial charge >= 0.3 is 0 Å². The maximum absolute atomic E-state index is 12.8. The van der Waals surface area contributed by atoms with Crippen molar-refractivity contribution < 1.29 is 19.2 Å². The Balaban J connectivity index is 1.30. The van der Waals surface area contributed by atoms with Gasteiger partial charge in [0.2, 0.25) is 11.8 Å². The summed E-state index contributed by atoms with van der Waals surface area (Å²) in [7, 11) is 0. The molecule has 0 bridgehead atoms. The van der Waals surface area contributed by atoms with Gasteiger partial charge in [0.25, 0.3) is 11.8 Å². The zero-order valence-electron chi connectivity index (χ0n) is 17.1. The monoisotopic (exact) mass is 428 g/mol. The van der Waals surface area contributed by atoms with E-state index in [1.54, 1.807) is 24.4 Å². The lowest BCUT2D eigenvalue weighted by Crippen LogP contribution is -2.52. The number of piperidine rings is 1. The number of nitrogens with one attached hydrogen (secondary N) is 2. The number of amides is 4. The largest absolute Gasteiger partial charge is 0.348 e. The van der Waals surface area contributed by atoms with Crippen molar-refractivity contribution in [3.63, 3.8) is 0 Å². The number of benzene rings is 2. The summed E-state index contributed by atoms with van der Waals surface area (Å²) in [4.78, 5) is 54.9. The van der Waals surface area contributed by atoms with Crippen molar-refractivity contribution in [1.82, 2.24) is 20.5 Å². The fraction of sp³-hybridized carbons (Fsp3) is 0.208. The quantitative estimate of drug-likeness (QED) is 0.618. The second kappa shape index (κ2) is 7.88. The summed E-state index contributed by atoms with van der Waals surface area (Å²) in [5, 5.41) is 6.02. The summed E-state index contributed by atoms with van der Waals surface area (Å²) in [5.74, 6) is -1.16. The standard InChI is InChI=1S/C24H20N4O4/c29-21-8-7-20(23(31)27-21)28-13-15-11-14(5-6-16(15)24(28)32)12-26-22(30)18-9-10-25-19-4-2-1-3-17(18)19/h1-6,9-11,20H,7-8,12-13H2,(H,26,30)(H,27,29,31). The highest BCUT2D eigenvalue weighted by Gasteiger charge is 2.39. The number of hydrogen-bond acceptors (Lipinski definition) is 5. The fourth-order valence-electron chi connectivity index (χ4n) is 4.31. The molecule has 160 valence electrons. The third-order valence-electron chi connectivity index (χ3n) is 5.93. The number of rotatable bonds is 4. The van der Waals surface area contributed by atoms with Gasteiger partial charge in [-0.05, 0) is 35.7 Å². The number of fused-ring (bicyclic) bond motifs is 2. The zero-order chi connectivity index (χ0) is 22.2. The van der Waals surface area contributed by atoms with Crippen LogP contribution in [0.1, 0.15) is 44.7 Å². The maximum atomic E-state index is 12.8. The van der Waals surface area contributed by atoms with Crippen LogP contribution in [0.3, 0.4) is 0 Å². The van der Waals surface area contributed by atoms with Gasteiger partial charge < -0.3 is 10.2 Å². The van der Waals surface area contributed by atoms with E-state index in [2.05, 4.69) is 15.6 Å². The van der Waals surface area contributed by atoms with Gasteiger partial charge in [-0.25, -0.2) is 0 Å². The summed E-state index contributed by atoms with van der Waals surface area (Å²) < 4.78 is 0. The zero-order valence-corrected chi connectivity index (χ0v) is 17.1. The van der Waals surface area contributed by atoms with E-state index in [9.17, 15) is 19.2 Å². The minimum absolute atomic E-state index is 0.203. The van der Waals surface area contributed by atoms with Crippen LogP contribution in [0.25, 0.3) is 10.9 Å². The molecule has 3 heterocycles. The van der Waals surface area contributed by atoms with Crippen LogP contribution in [0.15, 0.2) is 54.7 Å². The number of nitrogens with zero attached hydrogens (tertiary/aromatic N) is 2. The molecule has 1 saturated heterocycles. The third kappa shape index (κ3) is 3.49. The van der Waals surface area contributed by atoms with Crippen LogP contribution in [-0.2, 0) is 22.7 Å². The molecule has 0 saturated carbocycles. The molecule has 8 nitrogen and oxygen atoms in total. The lowest BCUT2D eigenvalue weighted by atomic mass is 10.0. The number of pyridine rings is 1. The van der Waals surface area contributed by atoms with Gasteiger partial charge in [0.05, 0.1) is 11.1 Å². The Kier molecular flexibility index (Phi) is 4.89. The topological polar surface area (TPSA) is 108 Å². The normalized spacial score (nSPS) is 17.9. The van der Waals surface area contributed by atoms with Crippen molar-refractivity contribution in [1.29, 1.82) is 0 Å². The first kappa shape index (κ1) is 19.9. The van der Waals surface area contributed by atoms with Crippen LogP contribution in [0.4, 0.5) is 0 Å². The first-order valence-electron chi connectivity index (χ1n) is 10.4. The molecule has 5 rings (SSSR count). The summed E-state index contributed by atoms with van der Waals surface area (Å²) in [6.45, 7) is 0.604. The molecule has 8 heteroatoms. The summed E-state index contributed by atoms with van der Waals surface area (Å²) in [6.07, 6.45) is 2.16. The van der Waals surface area contributed by atoms with Crippen molar-refractivity contribution >= 4 is 34.5 Å². The molecule has 0 radical (unpaired) electrons. The Labute approximate surface area is 183 Å². The van der Waals surface area contributed by atoms with Crippen molar-refractivity contribution in [2.75, 3.05) is 0 Å². The second-order valence-corrected chi connectivity index (χ2v) is 7.95. The Morgan fingerprint density at radius 2 is 1.97 bits per heavy atom. The Hall–Kier alpha value is -4.07. The molecule has 1 fully saturated rings. The van der Waals surface area contributed by atoms with Crippen molar-refractivity contribution in [3.8, 4) is 0 Å². The predicted molar refractivity (Wildman–Crippen MR) is 115 cm³/mol. The van der Waals surface area contributed by atoms with E-state index >= 15 is 0 Å². The van der Waals surface area contributed by atoms with Gasteiger partial charge in [-0.3, -0.25) is 29.5 Å². The number of para-hydroxylation sites is 1. The molecular formula is C24H20N4O4. The van der Waals surface area contributed by atoms with Gasteiger partial charge in [-0.15, -0.1) is 0 Å². The number of imide groups is 1. The molecule has 2 N–H and O–H groups in total. The van der Waals surface area contributed by atoms with Crippen molar-refractivity contribution in [3.05, 3.63) is 77.0 Å². The smallest absolute Gasteiger partial charge is 0.255 e. The Morgan fingerprint density at radius 3 is 2.81 bits per heavy atom. The Morgan fingerprint density at radius 1 is 1.12 bits per heavy atom. The highest BCUT2D eigenvalue weighted by atomic mass is 16.2. The summed E-state index contributed by atoms with van der Waals surface area (Å²) in [5.41, 5.74) is 3.51.